The minimum atomic E-state index is -0.0469. The molecule has 0 aliphatic carbocycles. The molecule has 0 amide bonds. The van der Waals surface area contributed by atoms with Gasteiger partial charge in [-0.15, -0.1) is 0 Å². The number of nitrogens with zero attached hydrogens (tertiary/aromatic N) is 2. The van der Waals surface area contributed by atoms with Crippen LogP contribution in [0.5, 0.6) is 6.01 Å². The van der Waals surface area contributed by atoms with E-state index in [9.17, 15) is 0 Å². The van der Waals surface area contributed by atoms with Crippen molar-refractivity contribution in [1.82, 2.24) is 15.3 Å². The second-order valence-electron chi connectivity index (χ2n) is 5.17. The number of methoxy groups -OCH3 is 1. The zero-order valence-electron chi connectivity index (χ0n) is 12.6. The van der Waals surface area contributed by atoms with E-state index in [1.165, 1.54) is 0 Å². The Bertz CT molecular complexity index is 383. The molecular weight excluding hydrogens is 242 g/mol. The molecule has 0 radical (unpaired) electrons. The molecule has 1 unspecified atom stereocenters. The Hall–Kier alpha value is -1.20. The lowest BCUT2D eigenvalue weighted by atomic mass is 10.2. The summed E-state index contributed by atoms with van der Waals surface area (Å²) in [6.07, 6.45) is 1.78. The molecule has 1 rings (SSSR count). The highest BCUT2D eigenvalue weighted by Crippen LogP contribution is 2.10. The van der Waals surface area contributed by atoms with Crippen LogP contribution in [0, 0.1) is 12.8 Å². The van der Waals surface area contributed by atoms with Gasteiger partial charge in [-0.25, -0.2) is 9.97 Å². The second-order valence-corrected chi connectivity index (χ2v) is 5.17. The van der Waals surface area contributed by atoms with Gasteiger partial charge in [-0.05, 0) is 26.3 Å². The van der Waals surface area contributed by atoms with Crippen LogP contribution in [0.25, 0.3) is 0 Å². The fourth-order valence-electron chi connectivity index (χ4n) is 1.65. The Morgan fingerprint density at radius 3 is 2.63 bits per heavy atom. The fourth-order valence-corrected chi connectivity index (χ4v) is 1.65. The third kappa shape index (κ3) is 5.98. The van der Waals surface area contributed by atoms with Crippen LogP contribution < -0.4 is 10.1 Å². The first kappa shape index (κ1) is 15.9. The van der Waals surface area contributed by atoms with Gasteiger partial charge in [-0.1, -0.05) is 13.8 Å². The number of aryl methyl sites for hydroxylation is 1. The van der Waals surface area contributed by atoms with E-state index in [1.807, 2.05) is 20.0 Å². The molecule has 1 heterocycles. The number of rotatable bonds is 8. The molecule has 0 spiro atoms. The Balaban J connectivity index is 2.54. The number of hydrogen-bond donors (Lipinski definition) is 1. The van der Waals surface area contributed by atoms with Crippen LogP contribution in [0.3, 0.4) is 0 Å². The maximum Gasteiger partial charge on any atom is 0.316 e. The number of aromatic nitrogens is 2. The van der Waals surface area contributed by atoms with Crippen molar-refractivity contribution in [3.8, 4) is 6.01 Å². The van der Waals surface area contributed by atoms with E-state index >= 15 is 0 Å². The Labute approximate surface area is 115 Å². The monoisotopic (exact) mass is 267 g/mol. The summed E-state index contributed by atoms with van der Waals surface area (Å²) >= 11 is 0. The molecule has 0 aliphatic rings. The van der Waals surface area contributed by atoms with Crippen LogP contribution in [0.1, 0.15) is 32.0 Å². The standard InChI is InChI=1S/C14H25N3O2/c1-10(2)6-15-7-13-8-16-14(17-12(13)4)19-11(3)9-18-5/h8,10-11,15H,6-7,9H2,1-5H3. The Morgan fingerprint density at radius 2 is 2.05 bits per heavy atom. The van der Waals surface area contributed by atoms with E-state index < -0.39 is 0 Å². The van der Waals surface area contributed by atoms with E-state index in [2.05, 4.69) is 29.1 Å². The van der Waals surface area contributed by atoms with Crippen LogP contribution in [-0.2, 0) is 11.3 Å². The van der Waals surface area contributed by atoms with Gasteiger partial charge >= 0.3 is 6.01 Å². The lowest BCUT2D eigenvalue weighted by Crippen LogP contribution is -2.21. The molecule has 5 nitrogen and oxygen atoms in total. The van der Waals surface area contributed by atoms with Crippen LogP contribution in [0.15, 0.2) is 6.20 Å². The third-order valence-corrected chi connectivity index (χ3v) is 2.63. The molecule has 0 aromatic carbocycles. The molecule has 0 aliphatic heterocycles. The summed E-state index contributed by atoms with van der Waals surface area (Å²) in [7, 11) is 1.65. The predicted molar refractivity (Wildman–Crippen MR) is 75.3 cm³/mol. The molecule has 1 aromatic heterocycles. The van der Waals surface area contributed by atoms with Gasteiger partial charge in [-0.3, -0.25) is 0 Å². The van der Waals surface area contributed by atoms with Crippen molar-refractivity contribution in [1.29, 1.82) is 0 Å². The van der Waals surface area contributed by atoms with Gasteiger partial charge in [0.1, 0.15) is 6.10 Å². The third-order valence-electron chi connectivity index (χ3n) is 2.63. The molecule has 1 N–H and O–H groups in total. The summed E-state index contributed by atoms with van der Waals surface area (Å²) in [5.41, 5.74) is 2.05. The summed E-state index contributed by atoms with van der Waals surface area (Å²) < 4.78 is 10.6. The maximum atomic E-state index is 5.57. The fraction of sp³-hybridized carbons (Fsp3) is 0.714. The van der Waals surface area contributed by atoms with Crippen LogP contribution in [0.4, 0.5) is 0 Å². The van der Waals surface area contributed by atoms with Gasteiger partial charge in [0, 0.05) is 31.1 Å². The van der Waals surface area contributed by atoms with Crippen LogP contribution in [0.2, 0.25) is 0 Å². The zero-order valence-corrected chi connectivity index (χ0v) is 12.6. The minimum Gasteiger partial charge on any atom is -0.458 e. The number of hydrogen-bond acceptors (Lipinski definition) is 5. The average molecular weight is 267 g/mol. The first-order valence-electron chi connectivity index (χ1n) is 6.71. The second kappa shape index (κ2) is 8.07. The molecule has 0 saturated heterocycles. The zero-order chi connectivity index (χ0) is 14.3. The maximum absolute atomic E-state index is 5.57. The van der Waals surface area contributed by atoms with Crippen molar-refractivity contribution in [2.75, 3.05) is 20.3 Å². The quantitative estimate of drug-likeness (QED) is 0.780. The van der Waals surface area contributed by atoms with E-state index in [0.717, 1.165) is 24.3 Å². The van der Waals surface area contributed by atoms with Crippen molar-refractivity contribution >= 4 is 0 Å². The number of nitrogens with one attached hydrogen (secondary N) is 1. The molecular formula is C14H25N3O2. The molecule has 1 atom stereocenters. The van der Waals surface area contributed by atoms with Crippen molar-refractivity contribution in [3.05, 3.63) is 17.5 Å². The van der Waals surface area contributed by atoms with Crippen molar-refractivity contribution in [2.24, 2.45) is 5.92 Å². The van der Waals surface area contributed by atoms with Crippen molar-refractivity contribution in [3.63, 3.8) is 0 Å². The summed E-state index contributed by atoms with van der Waals surface area (Å²) in [6, 6.07) is 0.412. The van der Waals surface area contributed by atoms with E-state index in [-0.39, 0.29) is 6.10 Å². The molecule has 0 fully saturated rings. The van der Waals surface area contributed by atoms with E-state index in [0.29, 0.717) is 18.5 Å². The molecule has 19 heavy (non-hydrogen) atoms. The predicted octanol–water partition coefficient (Wildman–Crippen LogP) is 1.94. The highest BCUT2D eigenvalue weighted by molar-refractivity contribution is 5.17. The lowest BCUT2D eigenvalue weighted by Gasteiger charge is -2.13. The Kier molecular flexibility index (Phi) is 6.73. The molecule has 0 bridgehead atoms. The molecule has 1 aromatic rings. The summed E-state index contributed by atoms with van der Waals surface area (Å²) in [4.78, 5) is 8.59. The van der Waals surface area contributed by atoms with Gasteiger partial charge in [0.2, 0.25) is 0 Å². The van der Waals surface area contributed by atoms with Gasteiger partial charge in [0.15, 0.2) is 0 Å². The smallest absolute Gasteiger partial charge is 0.316 e. The minimum absolute atomic E-state index is 0.0469. The van der Waals surface area contributed by atoms with Gasteiger partial charge < -0.3 is 14.8 Å². The SMILES string of the molecule is COCC(C)Oc1ncc(CNCC(C)C)c(C)n1. The number of ether oxygens (including phenoxy) is 2. The van der Waals surface area contributed by atoms with Crippen molar-refractivity contribution in [2.45, 2.75) is 40.3 Å². The Morgan fingerprint density at radius 1 is 1.32 bits per heavy atom. The topological polar surface area (TPSA) is 56.3 Å². The highest BCUT2D eigenvalue weighted by Gasteiger charge is 2.08. The molecule has 5 heteroatoms. The van der Waals surface area contributed by atoms with E-state index in [1.54, 1.807) is 7.11 Å². The van der Waals surface area contributed by atoms with Gasteiger partial charge in [-0.2, -0.15) is 0 Å². The molecule has 0 saturated carbocycles. The molecule has 108 valence electrons. The first-order chi connectivity index (χ1) is 9.02. The van der Waals surface area contributed by atoms with Crippen LogP contribution in [-0.4, -0.2) is 36.3 Å². The first-order valence-corrected chi connectivity index (χ1v) is 6.71. The summed E-state index contributed by atoms with van der Waals surface area (Å²) in [6.45, 7) is 10.6. The normalized spacial score (nSPS) is 12.7. The van der Waals surface area contributed by atoms with Gasteiger partial charge in [0.25, 0.3) is 0 Å². The highest BCUT2D eigenvalue weighted by atomic mass is 16.5. The summed E-state index contributed by atoms with van der Waals surface area (Å²) in [5, 5.41) is 3.38. The van der Waals surface area contributed by atoms with Crippen molar-refractivity contribution < 1.29 is 9.47 Å². The van der Waals surface area contributed by atoms with E-state index in [4.69, 9.17) is 9.47 Å². The largest absolute Gasteiger partial charge is 0.458 e. The van der Waals surface area contributed by atoms with Crippen LogP contribution >= 0.6 is 0 Å². The average Bonchev–Trinajstić information content (AvgIpc) is 2.31. The lowest BCUT2D eigenvalue weighted by molar-refractivity contribution is 0.0853. The van der Waals surface area contributed by atoms with Gasteiger partial charge in [0.05, 0.1) is 6.61 Å². The summed E-state index contributed by atoms with van der Waals surface area (Å²) in [5.74, 6) is 0.638.